The van der Waals surface area contributed by atoms with Gasteiger partial charge in [-0.05, 0) is 72.6 Å². The van der Waals surface area contributed by atoms with Crippen LogP contribution in [-0.2, 0) is 16.0 Å². The van der Waals surface area contributed by atoms with Crippen LogP contribution in [-0.4, -0.2) is 46.9 Å². The highest BCUT2D eigenvalue weighted by atomic mass is 35.5. The zero-order valence-corrected chi connectivity index (χ0v) is 22.9. The Labute approximate surface area is 227 Å². The first-order valence-corrected chi connectivity index (χ1v) is 13.1. The predicted octanol–water partition coefficient (Wildman–Crippen LogP) is 4.42. The molecular weight excluding hydrogens is 508 g/mol. The van der Waals surface area contributed by atoms with Crippen LogP contribution in [0.4, 0.5) is 10.5 Å². The number of aryl methyl sites for hydroxylation is 2. The summed E-state index contributed by atoms with van der Waals surface area (Å²) in [7, 11) is 0. The van der Waals surface area contributed by atoms with Gasteiger partial charge in [-0.3, -0.25) is 14.5 Å². The molecule has 5 N–H and O–H groups in total. The quantitative estimate of drug-likeness (QED) is 0.364. The third-order valence-electron chi connectivity index (χ3n) is 6.91. The molecule has 1 unspecified atom stereocenters. The lowest BCUT2D eigenvalue weighted by Gasteiger charge is -2.26. The number of nitrogen functional groups attached to an aromatic ring is 1. The average Bonchev–Trinajstić information content (AvgIpc) is 2.98. The van der Waals surface area contributed by atoms with Crippen LogP contribution in [0.3, 0.4) is 0 Å². The van der Waals surface area contributed by atoms with Crippen LogP contribution >= 0.6 is 11.6 Å². The van der Waals surface area contributed by atoms with E-state index in [0.29, 0.717) is 35.4 Å². The van der Waals surface area contributed by atoms with Crippen LogP contribution < -0.4 is 16.4 Å². The van der Waals surface area contributed by atoms with E-state index in [1.54, 1.807) is 13.0 Å². The van der Waals surface area contributed by atoms with E-state index in [2.05, 4.69) is 24.5 Å². The van der Waals surface area contributed by atoms with E-state index in [-0.39, 0.29) is 30.3 Å². The zero-order valence-electron chi connectivity index (χ0n) is 22.1. The molecule has 3 rings (SSSR count). The maximum Gasteiger partial charge on any atom is 0.338 e. The van der Waals surface area contributed by atoms with E-state index in [0.717, 1.165) is 16.0 Å². The second kappa shape index (κ2) is 12.3. The Morgan fingerprint density at radius 2 is 1.95 bits per heavy atom. The second-order valence-corrected chi connectivity index (χ2v) is 10.4. The van der Waals surface area contributed by atoms with Crippen molar-refractivity contribution in [3.05, 3.63) is 63.2 Å². The maximum absolute atomic E-state index is 13.4. The fraction of sp³-hybridized carbons (Fsp3) is 0.429. The van der Waals surface area contributed by atoms with Gasteiger partial charge in [0.2, 0.25) is 11.8 Å². The topological polar surface area (TPSA) is 142 Å². The third-order valence-corrected chi connectivity index (χ3v) is 7.14. The molecular formula is C28H35ClN4O5. The molecule has 1 aliphatic heterocycles. The Hall–Kier alpha value is -3.59. The molecule has 1 heterocycles. The van der Waals surface area contributed by atoms with Gasteiger partial charge in [0.1, 0.15) is 6.54 Å². The molecule has 1 fully saturated rings. The van der Waals surface area contributed by atoms with Crippen molar-refractivity contribution in [3.63, 3.8) is 0 Å². The first kappa shape index (κ1) is 29.0. The van der Waals surface area contributed by atoms with Crippen LogP contribution in [0, 0.1) is 12.8 Å². The SMILES string of the molecule is CC[C@@H](NC(=O)N1CC(=O)NCC(CCc2cc(Cl)ccc2C(C)C)C1=O)c1cc(C)c(C(=O)O)c(N)c1. The molecule has 2 aromatic carbocycles. The lowest BCUT2D eigenvalue weighted by atomic mass is 9.91. The number of imide groups is 1. The standard InChI is InChI=1S/C28H35ClN4O5/c1-5-23(19-10-16(4)25(27(36)37)22(30)12-19)32-28(38)33-14-24(34)31-13-18(26(33)35)7-6-17-11-20(29)8-9-21(17)15(2)3/h8-12,15,18,23H,5-7,13-14,30H2,1-4H3,(H,31,34)(H,32,38)(H,36,37)/t18?,23-/m1/s1. The van der Waals surface area contributed by atoms with Gasteiger partial charge in [-0.1, -0.05) is 44.5 Å². The predicted molar refractivity (Wildman–Crippen MR) is 146 cm³/mol. The number of hydrogen-bond donors (Lipinski definition) is 4. The number of carbonyl (C=O) groups is 4. The number of nitrogens with two attached hydrogens (primary N) is 1. The number of benzene rings is 2. The van der Waals surface area contributed by atoms with Crippen molar-refractivity contribution in [2.75, 3.05) is 18.8 Å². The molecule has 38 heavy (non-hydrogen) atoms. The van der Waals surface area contributed by atoms with Gasteiger partial charge < -0.3 is 21.5 Å². The molecule has 0 spiro atoms. The van der Waals surface area contributed by atoms with Crippen molar-refractivity contribution < 1.29 is 24.3 Å². The van der Waals surface area contributed by atoms with Crippen molar-refractivity contribution in [1.82, 2.24) is 15.5 Å². The summed E-state index contributed by atoms with van der Waals surface area (Å²) in [5.74, 6) is -2.28. The highest BCUT2D eigenvalue weighted by Gasteiger charge is 2.34. The fourth-order valence-electron chi connectivity index (χ4n) is 4.89. The number of carboxylic acids is 1. The highest BCUT2D eigenvalue weighted by Crippen LogP contribution is 2.27. The van der Waals surface area contributed by atoms with Gasteiger partial charge in [0.15, 0.2) is 0 Å². The van der Waals surface area contributed by atoms with Crippen LogP contribution in [0.15, 0.2) is 30.3 Å². The summed E-state index contributed by atoms with van der Waals surface area (Å²) in [5, 5.41) is 15.6. The Morgan fingerprint density at radius 3 is 2.55 bits per heavy atom. The summed E-state index contributed by atoms with van der Waals surface area (Å²) in [6.45, 7) is 7.41. The minimum absolute atomic E-state index is 0.0115. The minimum atomic E-state index is -1.13. The van der Waals surface area contributed by atoms with Gasteiger partial charge in [-0.25, -0.2) is 9.59 Å². The molecule has 0 radical (unpaired) electrons. The van der Waals surface area contributed by atoms with Gasteiger partial charge >= 0.3 is 12.0 Å². The van der Waals surface area contributed by atoms with Gasteiger partial charge in [0, 0.05) is 17.3 Å². The van der Waals surface area contributed by atoms with Gasteiger partial charge in [-0.2, -0.15) is 0 Å². The Morgan fingerprint density at radius 1 is 1.24 bits per heavy atom. The molecule has 0 aliphatic carbocycles. The number of carbonyl (C=O) groups excluding carboxylic acids is 3. The van der Waals surface area contributed by atoms with Crippen LogP contribution in [0.2, 0.25) is 5.02 Å². The van der Waals surface area contributed by atoms with E-state index >= 15 is 0 Å². The van der Waals surface area contributed by atoms with Crippen LogP contribution in [0.1, 0.15) is 78.2 Å². The Bertz CT molecular complexity index is 1220. The molecule has 10 heteroatoms. The number of rotatable bonds is 8. The molecule has 0 bridgehead atoms. The average molecular weight is 543 g/mol. The van der Waals surface area contributed by atoms with Crippen molar-refractivity contribution in [3.8, 4) is 0 Å². The molecule has 1 aliphatic rings. The van der Waals surface area contributed by atoms with E-state index in [9.17, 15) is 24.3 Å². The van der Waals surface area contributed by atoms with Crippen molar-refractivity contribution in [2.45, 2.75) is 58.9 Å². The normalized spacial score (nSPS) is 16.7. The van der Waals surface area contributed by atoms with E-state index in [1.807, 2.05) is 25.1 Å². The lowest BCUT2D eigenvalue weighted by molar-refractivity contribution is -0.133. The lowest BCUT2D eigenvalue weighted by Crippen LogP contribution is -2.48. The van der Waals surface area contributed by atoms with E-state index < -0.39 is 35.8 Å². The zero-order chi connectivity index (χ0) is 28.1. The molecule has 0 saturated carbocycles. The summed E-state index contributed by atoms with van der Waals surface area (Å²) < 4.78 is 0. The first-order valence-electron chi connectivity index (χ1n) is 12.7. The smallest absolute Gasteiger partial charge is 0.338 e. The summed E-state index contributed by atoms with van der Waals surface area (Å²) in [6.07, 6.45) is 1.47. The van der Waals surface area contributed by atoms with Crippen molar-refractivity contribution in [1.29, 1.82) is 0 Å². The monoisotopic (exact) mass is 542 g/mol. The number of anilines is 1. The summed E-state index contributed by atoms with van der Waals surface area (Å²) in [5.41, 5.74) is 9.33. The number of carboxylic acid groups (broad SMARTS) is 1. The van der Waals surface area contributed by atoms with Gasteiger partial charge in [-0.15, -0.1) is 0 Å². The molecule has 9 nitrogen and oxygen atoms in total. The van der Waals surface area contributed by atoms with Crippen molar-refractivity contribution in [2.24, 2.45) is 5.92 Å². The van der Waals surface area contributed by atoms with E-state index in [4.69, 9.17) is 17.3 Å². The largest absolute Gasteiger partial charge is 0.478 e. The van der Waals surface area contributed by atoms with Crippen LogP contribution in [0.5, 0.6) is 0 Å². The highest BCUT2D eigenvalue weighted by molar-refractivity contribution is 6.30. The fourth-order valence-corrected chi connectivity index (χ4v) is 5.08. The number of nitrogens with zero attached hydrogens (tertiary/aromatic N) is 1. The Kier molecular flexibility index (Phi) is 9.38. The number of nitrogens with one attached hydrogen (secondary N) is 2. The molecule has 1 saturated heterocycles. The van der Waals surface area contributed by atoms with Gasteiger partial charge in [0.05, 0.1) is 17.5 Å². The molecule has 0 aromatic heterocycles. The van der Waals surface area contributed by atoms with Gasteiger partial charge in [0.25, 0.3) is 0 Å². The Balaban J connectivity index is 1.79. The maximum atomic E-state index is 13.4. The number of amides is 4. The second-order valence-electron chi connectivity index (χ2n) is 9.98. The number of hydrogen-bond acceptors (Lipinski definition) is 5. The van der Waals surface area contributed by atoms with Crippen LogP contribution in [0.25, 0.3) is 0 Å². The number of aromatic carboxylic acids is 1. The minimum Gasteiger partial charge on any atom is -0.478 e. The number of halogens is 1. The third kappa shape index (κ3) is 6.64. The summed E-state index contributed by atoms with van der Waals surface area (Å²) in [6, 6.07) is 7.68. The number of urea groups is 1. The first-order chi connectivity index (χ1) is 17.9. The molecule has 4 amide bonds. The van der Waals surface area contributed by atoms with E-state index in [1.165, 1.54) is 6.07 Å². The molecule has 204 valence electrons. The summed E-state index contributed by atoms with van der Waals surface area (Å²) >= 11 is 6.22. The molecule has 2 aromatic rings. The van der Waals surface area contributed by atoms with Crippen molar-refractivity contribution >= 4 is 41.1 Å². The summed E-state index contributed by atoms with van der Waals surface area (Å²) in [4.78, 5) is 51.5. The molecule has 2 atom stereocenters.